The van der Waals surface area contributed by atoms with Crippen molar-refractivity contribution in [2.75, 3.05) is 21.3 Å². The Kier molecular flexibility index (Phi) is 4.94. The van der Waals surface area contributed by atoms with Gasteiger partial charge in [0.05, 0.1) is 14.2 Å². The van der Waals surface area contributed by atoms with Gasteiger partial charge in [-0.3, -0.25) is 0 Å². The van der Waals surface area contributed by atoms with E-state index in [1.165, 1.54) is 19.3 Å². The lowest BCUT2D eigenvalue weighted by atomic mass is 9.79. The molecule has 2 rings (SSSR count). The predicted octanol–water partition coefficient (Wildman–Crippen LogP) is 3.81. The minimum absolute atomic E-state index is 0.276. The Morgan fingerprint density at radius 1 is 1.26 bits per heavy atom. The van der Waals surface area contributed by atoms with Crippen LogP contribution in [0.4, 0.5) is 0 Å². The summed E-state index contributed by atoms with van der Waals surface area (Å²) in [6.45, 7) is 0. The molecule has 0 aromatic heterocycles. The third-order valence-electron chi connectivity index (χ3n) is 4.02. The second-order valence-corrected chi connectivity index (χ2v) is 5.51. The fourth-order valence-corrected chi connectivity index (χ4v) is 2.88. The Hall–Kier alpha value is -0.930. The van der Waals surface area contributed by atoms with Crippen molar-refractivity contribution in [3.8, 4) is 11.5 Å². The minimum atomic E-state index is 0.276. The SMILES string of the molecule is CNC(CC1CCC1)c1cc(OC)c(OC)cc1Cl. The van der Waals surface area contributed by atoms with E-state index in [0.29, 0.717) is 5.75 Å². The van der Waals surface area contributed by atoms with Gasteiger partial charge >= 0.3 is 0 Å². The van der Waals surface area contributed by atoms with Gasteiger partial charge in [-0.15, -0.1) is 0 Å². The number of rotatable bonds is 6. The summed E-state index contributed by atoms with van der Waals surface area (Å²) in [5, 5.41) is 4.10. The standard InChI is InChI=1S/C15H22ClNO2/c1-17-13(7-10-5-4-6-10)11-8-14(18-2)15(19-3)9-12(11)16/h8-10,13,17H,4-7H2,1-3H3. The van der Waals surface area contributed by atoms with E-state index >= 15 is 0 Å². The summed E-state index contributed by atoms with van der Waals surface area (Å²) in [7, 11) is 5.25. The molecule has 0 heterocycles. The Labute approximate surface area is 120 Å². The lowest BCUT2D eigenvalue weighted by Crippen LogP contribution is -2.23. The number of benzene rings is 1. The van der Waals surface area contributed by atoms with Crippen molar-refractivity contribution in [2.24, 2.45) is 5.92 Å². The Morgan fingerprint density at radius 3 is 2.37 bits per heavy atom. The summed E-state index contributed by atoms with van der Waals surface area (Å²) in [4.78, 5) is 0. The van der Waals surface area contributed by atoms with Crippen molar-refractivity contribution >= 4 is 11.6 Å². The molecule has 19 heavy (non-hydrogen) atoms. The molecule has 1 atom stereocenters. The van der Waals surface area contributed by atoms with Crippen LogP contribution in [0, 0.1) is 5.92 Å². The summed E-state index contributed by atoms with van der Waals surface area (Å²) in [5.74, 6) is 2.23. The quantitative estimate of drug-likeness (QED) is 0.861. The van der Waals surface area contributed by atoms with Crippen molar-refractivity contribution in [3.63, 3.8) is 0 Å². The van der Waals surface area contributed by atoms with Crippen molar-refractivity contribution < 1.29 is 9.47 Å². The first-order valence-electron chi connectivity index (χ1n) is 6.78. The van der Waals surface area contributed by atoms with Crippen LogP contribution in [0.1, 0.15) is 37.3 Å². The molecule has 3 nitrogen and oxygen atoms in total. The van der Waals surface area contributed by atoms with Gasteiger partial charge in [0, 0.05) is 17.1 Å². The largest absolute Gasteiger partial charge is 0.493 e. The van der Waals surface area contributed by atoms with Crippen LogP contribution in [0.25, 0.3) is 0 Å². The van der Waals surface area contributed by atoms with Gasteiger partial charge in [-0.25, -0.2) is 0 Å². The van der Waals surface area contributed by atoms with Gasteiger partial charge in [0.25, 0.3) is 0 Å². The van der Waals surface area contributed by atoms with E-state index in [4.69, 9.17) is 21.1 Å². The summed E-state index contributed by atoms with van der Waals surface area (Å²) in [6.07, 6.45) is 5.17. The first kappa shape index (κ1) is 14.5. The van der Waals surface area contributed by atoms with Crippen LogP contribution < -0.4 is 14.8 Å². The summed E-state index contributed by atoms with van der Waals surface area (Å²) in [6, 6.07) is 4.10. The van der Waals surface area contributed by atoms with Crippen LogP contribution in [0.2, 0.25) is 5.02 Å². The van der Waals surface area contributed by atoms with Crippen LogP contribution in [-0.2, 0) is 0 Å². The molecule has 1 aliphatic carbocycles. The van der Waals surface area contributed by atoms with Gasteiger partial charge in [0.2, 0.25) is 0 Å². The highest BCUT2D eigenvalue weighted by Gasteiger charge is 2.24. The van der Waals surface area contributed by atoms with Crippen LogP contribution in [0.3, 0.4) is 0 Å². The molecule has 0 bridgehead atoms. The van der Waals surface area contributed by atoms with Crippen molar-refractivity contribution in [1.82, 2.24) is 5.32 Å². The Morgan fingerprint density at radius 2 is 1.89 bits per heavy atom. The normalized spacial score (nSPS) is 16.8. The molecular formula is C15H22ClNO2. The molecule has 4 heteroatoms. The van der Waals surface area contributed by atoms with Crippen molar-refractivity contribution in [3.05, 3.63) is 22.7 Å². The van der Waals surface area contributed by atoms with Crippen LogP contribution >= 0.6 is 11.6 Å². The summed E-state index contributed by atoms with van der Waals surface area (Å²) < 4.78 is 10.6. The zero-order chi connectivity index (χ0) is 13.8. The van der Waals surface area contributed by atoms with Crippen LogP contribution in [-0.4, -0.2) is 21.3 Å². The smallest absolute Gasteiger partial charge is 0.162 e. The van der Waals surface area contributed by atoms with E-state index in [-0.39, 0.29) is 6.04 Å². The highest BCUT2D eigenvalue weighted by molar-refractivity contribution is 6.31. The van der Waals surface area contributed by atoms with E-state index in [9.17, 15) is 0 Å². The summed E-state index contributed by atoms with van der Waals surface area (Å²) >= 11 is 6.38. The number of nitrogens with one attached hydrogen (secondary N) is 1. The summed E-state index contributed by atoms with van der Waals surface area (Å²) in [5.41, 5.74) is 1.09. The maximum absolute atomic E-state index is 6.38. The van der Waals surface area contributed by atoms with Gasteiger partial charge in [0.1, 0.15) is 0 Å². The van der Waals surface area contributed by atoms with E-state index in [1.807, 2.05) is 19.2 Å². The second-order valence-electron chi connectivity index (χ2n) is 5.10. The van der Waals surface area contributed by atoms with Gasteiger partial charge in [-0.2, -0.15) is 0 Å². The molecule has 0 aliphatic heterocycles. The number of ether oxygens (including phenoxy) is 2. The van der Waals surface area contributed by atoms with Crippen LogP contribution in [0.15, 0.2) is 12.1 Å². The topological polar surface area (TPSA) is 30.5 Å². The van der Waals surface area contributed by atoms with Gasteiger partial charge < -0.3 is 14.8 Å². The number of hydrogen-bond donors (Lipinski definition) is 1. The third-order valence-corrected chi connectivity index (χ3v) is 4.35. The van der Waals surface area contributed by atoms with Crippen molar-refractivity contribution in [1.29, 1.82) is 0 Å². The van der Waals surface area contributed by atoms with Gasteiger partial charge in [0.15, 0.2) is 11.5 Å². The maximum atomic E-state index is 6.38. The molecule has 1 aromatic carbocycles. The molecule has 1 fully saturated rings. The van der Waals surface area contributed by atoms with E-state index in [1.54, 1.807) is 14.2 Å². The van der Waals surface area contributed by atoms with Gasteiger partial charge in [-0.05, 0) is 31.0 Å². The second kappa shape index (κ2) is 6.49. The molecule has 1 unspecified atom stereocenters. The van der Waals surface area contributed by atoms with E-state index in [2.05, 4.69) is 5.32 Å². The highest BCUT2D eigenvalue weighted by Crippen LogP contribution is 2.40. The molecule has 0 spiro atoms. The molecule has 1 N–H and O–H groups in total. The fraction of sp³-hybridized carbons (Fsp3) is 0.600. The van der Waals surface area contributed by atoms with E-state index < -0.39 is 0 Å². The minimum Gasteiger partial charge on any atom is -0.493 e. The zero-order valence-corrected chi connectivity index (χ0v) is 12.6. The molecular weight excluding hydrogens is 262 g/mol. The predicted molar refractivity (Wildman–Crippen MR) is 78.3 cm³/mol. The molecule has 1 aromatic rings. The lowest BCUT2D eigenvalue weighted by Gasteiger charge is -2.30. The van der Waals surface area contributed by atoms with Crippen molar-refractivity contribution in [2.45, 2.75) is 31.7 Å². The molecule has 1 saturated carbocycles. The number of hydrogen-bond acceptors (Lipinski definition) is 3. The molecule has 0 saturated heterocycles. The molecule has 0 amide bonds. The zero-order valence-electron chi connectivity index (χ0n) is 11.8. The molecule has 1 aliphatic rings. The molecule has 0 radical (unpaired) electrons. The van der Waals surface area contributed by atoms with Gasteiger partial charge in [-0.1, -0.05) is 30.9 Å². The van der Waals surface area contributed by atoms with Crippen LogP contribution in [0.5, 0.6) is 11.5 Å². The number of methoxy groups -OCH3 is 2. The fourth-order valence-electron chi connectivity index (χ4n) is 2.60. The average molecular weight is 284 g/mol. The molecule has 106 valence electrons. The monoisotopic (exact) mass is 283 g/mol. The highest BCUT2D eigenvalue weighted by atomic mass is 35.5. The lowest BCUT2D eigenvalue weighted by molar-refractivity contribution is 0.265. The average Bonchev–Trinajstić information content (AvgIpc) is 2.38. The Balaban J connectivity index is 2.25. The first-order valence-corrected chi connectivity index (χ1v) is 7.16. The third kappa shape index (κ3) is 3.15. The number of halogens is 1. The maximum Gasteiger partial charge on any atom is 0.162 e. The van der Waals surface area contributed by atoms with E-state index in [0.717, 1.165) is 28.7 Å². The Bertz CT molecular complexity index is 432. The first-order chi connectivity index (χ1) is 9.19.